The van der Waals surface area contributed by atoms with Crippen molar-refractivity contribution < 1.29 is 17.5 Å². The molecule has 0 aromatic carbocycles. The van der Waals surface area contributed by atoms with Crippen molar-refractivity contribution >= 4 is 16.0 Å². The van der Waals surface area contributed by atoms with E-state index in [9.17, 15) is 13.2 Å². The van der Waals surface area contributed by atoms with Crippen LogP contribution in [0.1, 0.15) is 32.1 Å². The third-order valence-electron chi connectivity index (χ3n) is 4.23. The van der Waals surface area contributed by atoms with Gasteiger partial charge in [0.05, 0.1) is 12.3 Å². The van der Waals surface area contributed by atoms with Gasteiger partial charge in [-0.15, -0.1) is 4.28 Å². The minimum absolute atomic E-state index is 0.0204. The van der Waals surface area contributed by atoms with Crippen LogP contribution >= 0.6 is 0 Å². The number of carbonyl (C=O) groups excluding carboxylic acids is 1. The van der Waals surface area contributed by atoms with Crippen LogP contribution in [-0.4, -0.2) is 31.7 Å². The Morgan fingerprint density at radius 2 is 1.71 bits per heavy atom. The van der Waals surface area contributed by atoms with Gasteiger partial charge in [0.15, 0.2) is 0 Å². The van der Waals surface area contributed by atoms with Gasteiger partial charge in [-0.25, -0.2) is 5.06 Å². The second-order valence-electron chi connectivity index (χ2n) is 5.70. The highest BCUT2D eigenvalue weighted by molar-refractivity contribution is 7.85. The van der Waals surface area contributed by atoms with Gasteiger partial charge in [-0.3, -0.25) is 4.79 Å². The fourth-order valence-electron chi connectivity index (χ4n) is 3.81. The van der Waals surface area contributed by atoms with Crippen molar-refractivity contribution in [3.8, 4) is 0 Å². The number of nitrogens with zero attached hydrogens (tertiary/aromatic N) is 1. The van der Waals surface area contributed by atoms with Crippen molar-refractivity contribution in [3.05, 3.63) is 0 Å². The van der Waals surface area contributed by atoms with Crippen molar-refractivity contribution in [1.82, 2.24) is 5.06 Å². The fraction of sp³-hybridized carbons (Fsp3) is 0.909. The fourth-order valence-corrected chi connectivity index (χ4v) is 4.30. The maximum atomic E-state index is 12.2. The molecule has 4 fully saturated rings. The van der Waals surface area contributed by atoms with Crippen LogP contribution in [0.2, 0.25) is 0 Å². The first-order chi connectivity index (χ1) is 7.92. The van der Waals surface area contributed by atoms with E-state index in [0.29, 0.717) is 11.8 Å². The smallest absolute Gasteiger partial charge is 0.272 e. The first-order valence-electron chi connectivity index (χ1n) is 6.15. The molecule has 4 rings (SSSR count). The molecule has 6 heteroatoms. The maximum absolute atomic E-state index is 12.2. The average molecular weight is 259 g/mol. The van der Waals surface area contributed by atoms with Crippen molar-refractivity contribution in [2.24, 2.45) is 17.8 Å². The number of amides is 1. The summed E-state index contributed by atoms with van der Waals surface area (Å²) in [5.41, 5.74) is 0. The number of fused-ring (bicyclic) bond motifs is 1. The normalized spacial score (nSPS) is 40.8. The van der Waals surface area contributed by atoms with Gasteiger partial charge in [-0.05, 0) is 43.9 Å². The van der Waals surface area contributed by atoms with Gasteiger partial charge in [-0.1, -0.05) is 0 Å². The molecule has 0 aromatic heterocycles. The lowest BCUT2D eigenvalue weighted by molar-refractivity contribution is -0.166. The average Bonchev–Trinajstić information content (AvgIpc) is 2.33. The lowest BCUT2D eigenvalue weighted by Crippen LogP contribution is -2.42. The zero-order valence-electron chi connectivity index (χ0n) is 9.83. The van der Waals surface area contributed by atoms with E-state index >= 15 is 0 Å². The highest BCUT2D eigenvalue weighted by atomic mass is 32.2. The van der Waals surface area contributed by atoms with Crippen molar-refractivity contribution in [2.75, 3.05) is 6.26 Å². The Labute approximate surface area is 101 Å². The first-order valence-corrected chi connectivity index (χ1v) is 7.96. The summed E-state index contributed by atoms with van der Waals surface area (Å²) < 4.78 is 27.4. The van der Waals surface area contributed by atoms with E-state index in [1.54, 1.807) is 0 Å². The molecule has 2 aliphatic heterocycles. The Bertz CT molecular complexity index is 432. The summed E-state index contributed by atoms with van der Waals surface area (Å²) >= 11 is 0. The van der Waals surface area contributed by atoms with Crippen molar-refractivity contribution in [1.29, 1.82) is 0 Å². The molecule has 0 radical (unpaired) electrons. The maximum Gasteiger partial charge on any atom is 0.285 e. The van der Waals surface area contributed by atoms with Gasteiger partial charge in [0.1, 0.15) is 0 Å². The Kier molecular flexibility index (Phi) is 2.49. The predicted molar refractivity (Wildman–Crippen MR) is 60.1 cm³/mol. The van der Waals surface area contributed by atoms with E-state index < -0.39 is 10.1 Å². The predicted octanol–water partition coefficient (Wildman–Crippen LogP) is 0.915. The molecule has 2 heterocycles. The van der Waals surface area contributed by atoms with Gasteiger partial charge in [-0.2, -0.15) is 8.42 Å². The van der Waals surface area contributed by atoms with Crippen molar-refractivity contribution in [2.45, 2.75) is 38.1 Å². The number of rotatable bonds is 2. The van der Waals surface area contributed by atoms with Crippen LogP contribution < -0.4 is 0 Å². The molecule has 4 atom stereocenters. The lowest BCUT2D eigenvalue weighted by Gasteiger charge is -2.37. The summed E-state index contributed by atoms with van der Waals surface area (Å²) in [5, 5.41) is 1.17. The van der Waals surface area contributed by atoms with E-state index in [1.165, 1.54) is 11.5 Å². The van der Waals surface area contributed by atoms with E-state index in [1.807, 2.05) is 0 Å². The van der Waals surface area contributed by atoms with Crippen LogP contribution in [0.25, 0.3) is 0 Å². The van der Waals surface area contributed by atoms with E-state index in [4.69, 9.17) is 4.28 Å². The number of hydrogen-bond acceptors (Lipinski definition) is 4. The Morgan fingerprint density at radius 3 is 2.24 bits per heavy atom. The minimum Gasteiger partial charge on any atom is -0.272 e. The van der Waals surface area contributed by atoms with Crippen LogP contribution in [0.4, 0.5) is 0 Å². The third-order valence-corrected chi connectivity index (χ3v) is 4.66. The molecule has 1 amide bonds. The van der Waals surface area contributed by atoms with Crippen LogP contribution in [0.15, 0.2) is 0 Å². The highest BCUT2D eigenvalue weighted by Crippen LogP contribution is 2.48. The van der Waals surface area contributed by atoms with E-state index in [2.05, 4.69) is 0 Å². The zero-order chi connectivity index (χ0) is 12.2. The first kappa shape index (κ1) is 11.5. The second-order valence-corrected chi connectivity index (χ2v) is 7.26. The molecule has 4 aliphatic rings. The summed E-state index contributed by atoms with van der Waals surface area (Å²) in [6.07, 6.45) is 5.82. The minimum atomic E-state index is -3.61. The van der Waals surface area contributed by atoms with Gasteiger partial charge in [0.25, 0.3) is 16.0 Å². The quantitative estimate of drug-likeness (QED) is 0.739. The molecule has 4 bridgehead atoms. The number of hydrogen-bond donors (Lipinski definition) is 0. The molecular weight excluding hydrogens is 242 g/mol. The molecule has 2 aliphatic carbocycles. The third kappa shape index (κ3) is 2.08. The van der Waals surface area contributed by atoms with Gasteiger partial charge in [0, 0.05) is 5.92 Å². The van der Waals surface area contributed by atoms with Crippen molar-refractivity contribution in [3.63, 3.8) is 0 Å². The summed E-state index contributed by atoms with van der Waals surface area (Å²) in [6.45, 7) is 0. The van der Waals surface area contributed by atoms with Crippen LogP contribution in [0, 0.1) is 17.8 Å². The molecule has 2 saturated carbocycles. The number of hydroxylamine groups is 2. The summed E-state index contributed by atoms with van der Waals surface area (Å²) in [5.74, 6) is 1.02. The zero-order valence-corrected chi connectivity index (χ0v) is 10.6. The molecule has 0 spiro atoms. The molecule has 2 unspecified atom stereocenters. The molecule has 0 aromatic rings. The monoisotopic (exact) mass is 259 g/mol. The molecule has 96 valence electrons. The van der Waals surface area contributed by atoms with Gasteiger partial charge < -0.3 is 0 Å². The molecule has 2 saturated heterocycles. The number of carbonyl (C=O) groups is 1. The largest absolute Gasteiger partial charge is 0.285 e. The van der Waals surface area contributed by atoms with Crippen LogP contribution in [-0.2, 0) is 19.2 Å². The lowest BCUT2D eigenvalue weighted by atomic mass is 9.68. The summed E-state index contributed by atoms with van der Waals surface area (Å²) in [4.78, 5) is 12.2. The topological polar surface area (TPSA) is 63.7 Å². The Balaban J connectivity index is 1.91. The van der Waals surface area contributed by atoms with E-state index in [-0.39, 0.29) is 17.9 Å². The molecule has 5 nitrogen and oxygen atoms in total. The Morgan fingerprint density at radius 1 is 1.12 bits per heavy atom. The van der Waals surface area contributed by atoms with Gasteiger partial charge in [0.2, 0.25) is 0 Å². The van der Waals surface area contributed by atoms with Gasteiger partial charge >= 0.3 is 0 Å². The highest BCUT2D eigenvalue weighted by Gasteiger charge is 2.48. The standard InChI is InChI=1S/C11H17NO4S/c1-17(14,15)16-12-10-5-7-2-8(6-10)4-9(3-7)11(12)13/h7-10H,2-6H2,1H3/t7-,8+,9?,10?. The molecule has 17 heavy (non-hydrogen) atoms. The van der Waals surface area contributed by atoms with Crippen LogP contribution in [0.5, 0.6) is 0 Å². The molecule has 0 N–H and O–H groups in total. The van der Waals surface area contributed by atoms with Crippen LogP contribution in [0.3, 0.4) is 0 Å². The summed E-state index contributed by atoms with van der Waals surface area (Å²) in [7, 11) is -3.61. The molecular formula is C11H17NO4S. The van der Waals surface area contributed by atoms with E-state index in [0.717, 1.165) is 31.9 Å². The summed E-state index contributed by atoms with van der Waals surface area (Å²) in [6, 6.07) is -0.0338. The Hall–Kier alpha value is -0.620. The SMILES string of the molecule is CS(=O)(=O)ON1C(=O)C2C[C@@H]3CC1C[C@H](C2)C3. The second kappa shape index (κ2) is 3.68.